The van der Waals surface area contributed by atoms with Gasteiger partial charge in [-0.15, -0.1) is 11.8 Å². The molecule has 0 saturated heterocycles. The predicted octanol–water partition coefficient (Wildman–Crippen LogP) is 4.52. The molecule has 0 spiro atoms. The fraction of sp³-hybridized carbons (Fsp3) is 0.222. The Balaban J connectivity index is 1.46. The highest BCUT2D eigenvalue weighted by molar-refractivity contribution is 7.99. The molecule has 0 N–H and O–H groups in total. The summed E-state index contributed by atoms with van der Waals surface area (Å²) in [5.74, 6) is 0.454. The summed E-state index contributed by atoms with van der Waals surface area (Å²) in [5, 5.41) is 0.710. The van der Waals surface area contributed by atoms with E-state index in [-0.39, 0.29) is 12.6 Å². The number of pyridine rings is 1. The second-order valence-electron chi connectivity index (χ2n) is 5.37. The molecule has 0 saturated carbocycles. The van der Waals surface area contributed by atoms with E-state index in [0.717, 1.165) is 21.8 Å². The lowest BCUT2D eigenvalue weighted by Crippen LogP contribution is -2.05. The number of esters is 1. The first-order valence-electron chi connectivity index (χ1n) is 7.59. The number of imidazole rings is 1. The highest BCUT2D eigenvalue weighted by Crippen LogP contribution is 2.21. The number of fused-ring (bicyclic) bond motifs is 1. The number of hydrogen-bond acceptors (Lipinski definition) is 4. The molecule has 4 nitrogen and oxygen atoms in total. The molecule has 24 heavy (non-hydrogen) atoms. The molecule has 2 aromatic heterocycles. The van der Waals surface area contributed by atoms with E-state index in [1.54, 1.807) is 11.8 Å². The maximum Gasteiger partial charge on any atom is 0.307 e. The topological polar surface area (TPSA) is 43.6 Å². The smallest absolute Gasteiger partial charge is 0.307 e. The van der Waals surface area contributed by atoms with Gasteiger partial charge in [-0.1, -0.05) is 17.7 Å². The first-order valence-corrected chi connectivity index (χ1v) is 8.95. The summed E-state index contributed by atoms with van der Waals surface area (Å²) in [6.45, 7) is 2.21. The van der Waals surface area contributed by atoms with Crippen molar-refractivity contribution in [2.24, 2.45) is 0 Å². The summed E-state index contributed by atoms with van der Waals surface area (Å²) in [5.41, 5.74) is 2.74. The van der Waals surface area contributed by atoms with E-state index in [2.05, 4.69) is 4.98 Å². The van der Waals surface area contributed by atoms with Crippen LogP contribution in [0.2, 0.25) is 5.02 Å². The number of aromatic nitrogens is 2. The normalized spacial score (nSPS) is 10.9. The minimum Gasteiger partial charge on any atom is -0.459 e. The molecule has 0 atom stereocenters. The molecule has 2 heterocycles. The van der Waals surface area contributed by atoms with Crippen molar-refractivity contribution in [3.63, 3.8) is 0 Å². The molecule has 1 aromatic carbocycles. The molecule has 3 aromatic rings. The van der Waals surface area contributed by atoms with Gasteiger partial charge in [-0.2, -0.15) is 0 Å². The molecule has 0 aliphatic heterocycles. The average molecular weight is 361 g/mol. The molecule has 0 aliphatic carbocycles. The number of carbonyl (C=O) groups excluding carboxylic acids is 1. The Morgan fingerprint density at radius 3 is 2.83 bits per heavy atom. The van der Waals surface area contributed by atoms with Gasteiger partial charge in [0.25, 0.3) is 0 Å². The van der Waals surface area contributed by atoms with Crippen molar-refractivity contribution in [2.45, 2.75) is 24.8 Å². The monoisotopic (exact) mass is 360 g/mol. The maximum atomic E-state index is 11.9. The lowest BCUT2D eigenvalue weighted by molar-refractivity contribution is -0.144. The number of rotatable bonds is 6. The molecule has 3 rings (SSSR count). The van der Waals surface area contributed by atoms with Crippen molar-refractivity contribution in [1.29, 1.82) is 0 Å². The molecule has 0 aliphatic rings. The largest absolute Gasteiger partial charge is 0.459 e. The Morgan fingerprint density at radius 1 is 1.29 bits per heavy atom. The van der Waals surface area contributed by atoms with Crippen LogP contribution < -0.4 is 0 Å². The first-order chi connectivity index (χ1) is 11.6. The molecule has 6 heteroatoms. The number of ether oxygens (including phenoxy) is 1. The molecule has 0 amide bonds. The van der Waals surface area contributed by atoms with E-state index in [1.807, 2.05) is 60.1 Å². The number of hydrogen-bond donors (Lipinski definition) is 0. The van der Waals surface area contributed by atoms with Gasteiger partial charge in [-0.05, 0) is 42.8 Å². The van der Waals surface area contributed by atoms with Gasteiger partial charge in [-0.3, -0.25) is 4.79 Å². The number of carbonyl (C=O) groups is 1. The van der Waals surface area contributed by atoms with Crippen molar-refractivity contribution in [3.8, 4) is 0 Å². The third kappa shape index (κ3) is 4.30. The number of aryl methyl sites for hydroxylation is 1. The maximum absolute atomic E-state index is 11.9. The van der Waals surface area contributed by atoms with Gasteiger partial charge < -0.3 is 9.14 Å². The van der Waals surface area contributed by atoms with E-state index in [1.165, 1.54) is 0 Å². The fourth-order valence-corrected chi connectivity index (χ4v) is 3.24. The third-order valence-corrected chi connectivity index (χ3v) is 4.76. The summed E-state index contributed by atoms with van der Waals surface area (Å²) >= 11 is 7.45. The van der Waals surface area contributed by atoms with Gasteiger partial charge in [0.05, 0.1) is 12.1 Å². The van der Waals surface area contributed by atoms with Crippen LogP contribution in [-0.4, -0.2) is 21.1 Å². The molecule has 0 radical (unpaired) electrons. The molecule has 0 fully saturated rings. The zero-order chi connectivity index (χ0) is 16.9. The first kappa shape index (κ1) is 16.9. The van der Waals surface area contributed by atoms with Crippen molar-refractivity contribution in [3.05, 3.63) is 65.1 Å². The second-order valence-corrected chi connectivity index (χ2v) is 6.97. The van der Waals surface area contributed by atoms with E-state index in [9.17, 15) is 4.79 Å². The number of nitrogens with zero attached hydrogens (tertiary/aromatic N) is 2. The molecular weight excluding hydrogens is 344 g/mol. The zero-order valence-electron chi connectivity index (χ0n) is 13.2. The van der Waals surface area contributed by atoms with Crippen LogP contribution in [0.15, 0.2) is 53.7 Å². The fourth-order valence-electron chi connectivity index (χ4n) is 2.28. The number of thioether (sulfide) groups is 1. The Morgan fingerprint density at radius 2 is 2.08 bits per heavy atom. The van der Waals surface area contributed by atoms with Crippen LogP contribution >= 0.6 is 23.4 Å². The van der Waals surface area contributed by atoms with Crippen LogP contribution in [-0.2, 0) is 16.1 Å². The third-order valence-electron chi connectivity index (χ3n) is 3.50. The predicted molar refractivity (Wildman–Crippen MR) is 96.5 cm³/mol. The van der Waals surface area contributed by atoms with Gasteiger partial charge in [0.1, 0.15) is 12.3 Å². The average Bonchev–Trinajstić information content (AvgIpc) is 2.99. The zero-order valence-corrected chi connectivity index (χ0v) is 14.8. The Bertz CT molecular complexity index is 846. The van der Waals surface area contributed by atoms with Crippen LogP contribution in [0.25, 0.3) is 5.65 Å². The van der Waals surface area contributed by atoms with Crippen molar-refractivity contribution >= 4 is 35.0 Å². The molecular formula is C18H17ClN2O2S. The SMILES string of the molecule is Cc1cccn2cc(COC(=O)CCSc3ccc(Cl)cc3)nc12. The van der Waals surface area contributed by atoms with Crippen molar-refractivity contribution in [2.75, 3.05) is 5.75 Å². The molecule has 0 bridgehead atoms. The van der Waals surface area contributed by atoms with Crippen LogP contribution in [0.4, 0.5) is 0 Å². The number of halogens is 1. The van der Waals surface area contributed by atoms with Crippen LogP contribution in [0.5, 0.6) is 0 Å². The summed E-state index contributed by atoms with van der Waals surface area (Å²) in [6.07, 6.45) is 4.18. The van der Waals surface area contributed by atoms with Gasteiger partial charge >= 0.3 is 5.97 Å². The molecule has 124 valence electrons. The van der Waals surface area contributed by atoms with Crippen molar-refractivity contribution < 1.29 is 9.53 Å². The van der Waals surface area contributed by atoms with E-state index >= 15 is 0 Å². The van der Waals surface area contributed by atoms with Crippen LogP contribution in [0.1, 0.15) is 17.7 Å². The van der Waals surface area contributed by atoms with Crippen molar-refractivity contribution in [1.82, 2.24) is 9.38 Å². The quantitative estimate of drug-likeness (QED) is 0.478. The summed E-state index contributed by atoms with van der Waals surface area (Å²) in [6, 6.07) is 11.5. The minimum atomic E-state index is -0.217. The summed E-state index contributed by atoms with van der Waals surface area (Å²) < 4.78 is 7.24. The highest BCUT2D eigenvalue weighted by atomic mass is 35.5. The highest BCUT2D eigenvalue weighted by Gasteiger charge is 2.08. The van der Waals surface area contributed by atoms with E-state index < -0.39 is 0 Å². The second kappa shape index (κ2) is 7.73. The van der Waals surface area contributed by atoms with Gasteiger partial charge in [0.15, 0.2) is 0 Å². The number of benzene rings is 1. The summed E-state index contributed by atoms with van der Waals surface area (Å²) in [4.78, 5) is 17.4. The van der Waals surface area contributed by atoms with Gasteiger partial charge in [0.2, 0.25) is 0 Å². The van der Waals surface area contributed by atoms with Crippen LogP contribution in [0.3, 0.4) is 0 Å². The summed E-state index contributed by atoms with van der Waals surface area (Å²) in [7, 11) is 0. The van der Waals surface area contributed by atoms with Gasteiger partial charge in [0, 0.05) is 28.1 Å². The van der Waals surface area contributed by atoms with Crippen LogP contribution in [0, 0.1) is 6.92 Å². The van der Waals surface area contributed by atoms with E-state index in [0.29, 0.717) is 17.2 Å². The minimum absolute atomic E-state index is 0.200. The Labute approximate surface area is 149 Å². The molecule has 0 unspecified atom stereocenters. The van der Waals surface area contributed by atoms with E-state index in [4.69, 9.17) is 16.3 Å². The lowest BCUT2D eigenvalue weighted by atomic mass is 10.3. The standard InChI is InChI=1S/C18H17ClN2O2S/c1-13-3-2-9-21-11-15(20-18(13)21)12-23-17(22)8-10-24-16-6-4-14(19)5-7-16/h2-7,9,11H,8,10,12H2,1H3. The van der Waals surface area contributed by atoms with Gasteiger partial charge in [-0.25, -0.2) is 4.98 Å². The Kier molecular flexibility index (Phi) is 5.43. The Hall–Kier alpha value is -1.98. The lowest BCUT2D eigenvalue weighted by Gasteiger charge is -2.03.